The molecule has 1 saturated heterocycles. The molecule has 178 valence electrons. The summed E-state index contributed by atoms with van der Waals surface area (Å²) in [5.41, 5.74) is 1.73. The number of carbonyl (C=O) groups excluding carboxylic acids is 1. The Balaban J connectivity index is 1.49. The zero-order valence-electron chi connectivity index (χ0n) is 20.3. The molecule has 0 spiro atoms. The first-order valence-electron chi connectivity index (χ1n) is 12.2. The van der Waals surface area contributed by atoms with Gasteiger partial charge in [0.15, 0.2) is 0 Å². The number of amides is 1. The Morgan fingerprint density at radius 1 is 1.09 bits per heavy atom. The van der Waals surface area contributed by atoms with E-state index in [1.54, 1.807) is 13.2 Å². The van der Waals surface area contributed by atoms with Gasteiger partial charge in [-0.25, -0.2) is 0 Å². The van der Waals surface area contributed by atoms with Crippen LogP contribution in [0.25, 0.3) is 10.8 Å². The van der Waals surface area contributed by atoms with Gasteiger partial charge in [-0.3, -0.25) is 4.79 Å². The van der Waals surface area contributed by atoms with Crippen LogP contribution in [-0.2, 0) is 10.2 Å². The van der Waals surface area contributed by atoms with Crippen LogP contribution in [0.5, 0.6) is 5.75 Å². The molecule has 3 aromatic carbocycles. The number of aromatic hydroxyl groups is 1. The fourth-order valence-corrected chi connectivity index (χ4v) is 6.38. The first-order chi connectivity index (χ1) is 16.4. The van der Waals surface area contributed by atoms with E-state index in [9.17, 15) is 9.90 Å². The molecule has 0 radical (unpaired) electrons. The molecule has 0 aromatic heterocycles. The maximum atomic E-state index is 13.6. The van der Waals surface area contributed by atoms with E-state index in [4.69, 9.17) is 4.74 Å². The number of fused-ring (bicyclic) bond motifs is 2. The SMILES string of the molecule is COC1C[C@H](N(C)C(=O)c2ccc3ccccc3c2)C[C@]2(c3cccc(O)c3)CCN(C)C[C@@H]12. The lowest BCUT2D eigenvalue weighted by Gasteiger charge is -2.56. The second-order valence-corrected chi connectivity index (χ2v) is 10.2. The van der Waals surface area contributed by atoms with Gasteiger partial charge in [0, 0.05) is 43.6 Å². The number of piperidine rings is 1. The van der Waals surface area contributed by atoms with Gasteiger partial charge in [-0.05, 0) is 73.5 Å². The predicted molar refractivity (Wildman–Crippen MR) is 135 cm³/mol. The van der Waals surface area contributed by atoms with E-state index in [-0.39, 0.29) is 23.5 Å². The van der Waals surface area contributed by atoms with Crippen molar-refractivity contribution in [2.24, 2.45) is 5.92 Å². The van der Waals surface area contributed by atoms with E-state index < -0.39 is 0 Å². The summed E-state index contributed by atoms with van der Waals surface area (Å²) >= 11 is 0. The molecule has 4 atom stereocenters. The molecule has 5 heteroatoms. The van der Waals surface area contributed by atoms with Crippen molar-refractivity contribution in [3.63, 3.8) is 0 Å². The van der Waals surface area contributed by atoms with Gasteiger partial charge in [-0.15, -0.1) is 0 Å². The van der Waals surface area contributed by atoms with Crippen molar-refractivity contribution in [2.75, 3.05) is 34.3 Å². The zero-order chi connectivity index (χ0) is 23.9. The van der Waals surface area contributed by atoms with Crippen molar-refractivity contribution >= 4 is 16.7 Å². The summed E-state index contributed by atoms with van der Waals surface area (Å²) < 4.78 is 6.08. The summed E-state index contributed by atoms with van der Waals surface area (Å²) in [5, 5.41) is 12.5. The predicted octanol–water partition coefficient (Wildman–Crippen LogP) is 4.68. The largest absolute Gasteiger partial charge is 0.508 e. The second kappa shape index (κ2) is 9.05. The molecule has 1 N–H and O–H groups in total. The summed E-state index contributed by atoms with van der Waals surface area (Å²) in [7, 11) is 5.89. The van der Waals surface area contributed by atoms with E-state index in [0.29, 0.717) is 17.2 Å². The Bertz CT molecular complexity index is 1190. The van der Waals surface area contributed by atoms with E-state index in [1.165, 1.54) is 0 Å². The van der Waals surface area contributed by atoms with Crippen LogP contribution < -0.4 is 0 Å². The molecule has 1 aliphatic heterocycles. The average molecular weight is 459 g/mol. The lowest BCUT2D eigenvalue weighted by Crippen LogP contribution is -2.61. The standard InChI is InChI=1S/C29H34N2O3/c1-30-14-13-29(23-9-6-10-25(32)16-23)18-24(17-27(34-3)26(29)19-30)31(2)28(33)22-12-11-20-7-4-5-8-21(20)15-22/h4-12,15-16,24,26-27,32H,13-14,17-19H2,1-3H3/t24-,26-,27?,29-/m0/s1. The average Bonchev–Trinajstić information content (AvgIpc) is 2.87. The lowest BCUT2D eigenvalue weighted by molar-refractivity contribution is -0.0751. The molecule has 2 fully saturated rings. The molecule has 1 heterocycles. The molecule has 5 nitrogen and oxygen atoms in total. The minimum Gasteiger partial charge on any atom is -0.508 e. The minimum absolute atomic E-state index is 0.0377. The van der Waals surface area contributed by atoms with Crippen LogP contribution >= 0.6 is 0 Å². The van der Waals surface area contributed by atoms with Crippen LogP contribution in [0, 0.1) is 5.92 Å². The van der Waals surface area contributed by atoms with Gasteiger partial charge < -0.3 is 19.6 Å². The molecule has 1 amide bonds. The fourth-order valence-electron chi connectivity index (χ4n) is 6.38. The van der Waals surface area contributed by atoms with Crippen molar-refractivity contribution in [1.29, 1.82) is 0 Å². The van der Waals surface area contributed by atoms with Crippen LogP contribution in [-0.4, -0.2) is 67.3 Å². The Morgan fingerprint density at radius 2 is 1.88 bits per heavy atom. The number of methoxy groups -OCH3 is 1. The number of benzene rings is 3. The Kier molecular flexibility index (Phi) is 6.09. The molecule has 0 bridgehead atoms. The number of phenols is 1. The third-order valence-corrected chi connectivity index (χ3v) is 8.30. The normalized spacial score (nSPS) is 27.3. The monoisotopic (exact) mass is 458 g/mol. The highest BCUT2D eigenvalue weighted by molar-refractivity contribution is 5.98. The summed E-state index contributed by atoms with van der Waals surface area (Å²) in [6, 6.07) is 21.8. The molecular weight excluding hydrogens is 424 g/mol. The van der Waals surface area contributed by atoms with Crippen LogP contribution in [0.4, 0.5) is 0 Å². The maximum Gasteiger partial charge on any atom is 0.253 e. The van der Waals surface area contributed by atoms with E-state index in [1.807, 2.05) is 60.5 Å². The van der Waals surface area contributed by atoms with E-state index in [2.05, 4.69) is 24.1 Å². The van der Waals surface area contributed by atoms with Gasteiger partial charge in [0.25, 0.3) is 5.91 Å². The molecule has 1 aliphatic carbocycles. The third-order valence-electron chi connectivity index (χ3n) is 8.30. The van der Waals surface area contributed by atoms with Gasteiger partial charge in [-0.2, -0.15) is 0 Å². The number of hydrogen-bond acceptors (Lipinski definition) is 4. The highest BCUT2D eigenvalue weighted by atomic mass is 16.5. The van der Waals surface area contributed by atoms with Crippen LogP contribution in [0.1, 0.15) is 35.2 Å². The van der Waals surface area contributed by atoms with Crippen molar-refractivity contribution in [3.05, 3.63) is 77.9 Å². The number of rotatable bonds is 4. The Labute approximate surface area is 201 Å². The molecule has 1 saturated carbocycles. The van der Waals surface area contributed by atoms with Gasteiger partial charge >= 0.3 is 0 Å². The molecule has 2 aliphatic rings. The number of nitrogens with zero attached hydrogens (tertiary/aromatic N) is 2. The summed E-state index contributed by atoms with van der Waals surface area (Å²) in [4.78, 5) is 17.9. The first-order valence-corrected chi connectivity index (χ1v) is 12.2. The molecule has 34 heavy (non-hydrogen) atoms. The summed E-state index contributed by atoms with van der Waals surface area (Å²) in [6.45, 7) is 1.93. The smallest absolute Gasteiger partial charge is 0.253 e. The van der Waals surface area contributed by atoms with Gasteiger partial charge in [0.1, 0.15) is 5.75 Å². The van der Waals surface area contributed by atoms with Gasteiger partial charge in [-0.1, -0.05) is 42.5 Å². The van der Waals surface area contributed by atoms with E-state index in [0.717, 1.165) is 48.7 Å². The number of phenolic OH excluding ortho intramolecular Hbond substituents is 1. The van der Waals surface area contributed by atoms with Crippen molar-refractivity contribution in [2.45, 2.75) is 36.8 Å². The number of hydrogen-bond donors (Lipinski definition) is 1. The summed E-state index contributed by atoms with van der Waals surface area (Å²) in [6.07, 6.45) is 2.69. The molecule has 1 unspecified atom stereocenters. The minimum atomic E-state index is -0.146. The van der Waals surface area contributed by atoms with Gasteiger partial charge in [0.2, 0.25) is 0 Å². The Hall–Kier alpha value is -2.89. The van der Waals surface area contributed by atoms with Crippen LogP contribution in [0.3, 0.4) is 0 Å². The van der Waals surface area contributed by atoms with Crippen molar-refractivity contribution in [3.8, 4) is 5.75 Å². The highest BCUT2D eigenvalue weighted by Gasteiger charge is 2.53. The van der Waals surface area contributed by atoms with E-state index >= 15 is 0 Å². The third kappa shape index (κ3) is 3.97. The number of ether oxygens (including phenoxy) is 1. The number of carbonyl (C=O) groups is 1. The number of likely N-dealkylation sites (tertiary alicyclic amines) is 1. The topological polar surface area (TPSA) is 53.0 Å². The van der Waals surface area contributed by atoms with Crippen molar-refractivity contribution < 1.29 is 14.6 Å². The summed E-state index contributed by atoms with van der Waals surface area (Å²) in [5.74, 6) is 0.641. The first kappa shape index (κ1) is 22.9. The molecule has 5 rings (SSSR count). The van der Waals surface area contributed by atoms with Crippen LogP contribution in [0.2, 0.25) is 0 Å². The lowest BCUT2D eigenvalue weighted by atomic mass is 9.56. The quantitative estimate of drug-likeness (QED) is 0.617. The van der Waals surface area contributed by atoms with Gasteiger partial charge in [0.05, 0.1) is 6.10 Å². The fraction of sp³-hybridized carbons (Fsp3) is 0.414. The second-order valence-electron chi connectivity index (χ2n) is 10.2. The highest BCUT2D eigenvalue weighted by Crippen LogP contribution is 2.51. The zero-order valence-corrected chi connectivity index (χ0v) is 20.3. The molecular formula is C29H34N2O3. The van der Waals surface area contributed by atoms with Crippen LogP contribution in [0.15, 0.2) is 66.7 Å². The Morgan fingerprint density at radius 3 is 2.65 bits per heavy atom. The maximum absolute atomic E-state index is 13.6. The van der Waals surface area contributed by atoms with Crippen molar-refractivity contribution in [1.82, 2.24) is 9.80 Å². The molecule has 3 aromatic rings.